The molecule has 0 bridgehead atoms. The number of carbonyl (C=O) groups is 2. The quantitative estimate of drug-likeness (QED) is 0.144. The summed E-state index contributed by atoms with van der Waals surface area (Å²) < 4.78 is 32.3. The van der Waals surface area contributed by atoms with Gasteiger partial charge in [-0.15, -0.1) is 0 Å². The van der Waals surface area contributed by atoms with Crippen molar-refractivity contribution < 1.29 is 38.0 Å². The maximum absolute atomic E-state index is 12.7. The number of amides is 2. The van der Waals surface area contributed by atoms with Crippen LogP contribution in [0.2, 0.25) is 0 Å². The highest BCUT2D eigenvalue weighted by Gasteiger charge is 2.14. The standard InChI is InChI=1S/C37H43N3O8/c1-39(34(41)18-11-9-14-26-20-30(43-3)36(47-7)31(21-26)44-4)24-28-16-13-17-29(38-28)25-40(2)35(42)19-12-10-15-27-22-32(45-5)37(48-8)33(23-27)46-6/h9-23H,24-25H2,1-8H3. The van der Waals surface area contributed by atoms with Crippen LogP contribution in [-0.2, 0) is 22.7 Å². The lowest BCUT2D eigenvalue weighted by molar-refractivity contribution is -0.126. The SMILES string of the molecule is COc1cc(C=CC=CC(=O)N(C)Cc2cccc(CN(C)C(=O)C=CC=Cc3cc(OC)c(OC)c(OC)c3)n2)cc(OC)c1OC. The third-order valence-corrected chi connectivity index (χ3v) is 7.07. The van der Waals surface area contributed by atoms with E-state index in [1.807, 2.05) is 54.6 Å². The molecular formula is C37H43N3O8. The lowest BCUT2D eigenvalue weighted by atomic mass is 10.1. The van der Waals surface area contributed by atoms with Gasteiger partial charge in [-0.2, -0.15) is 0 Å². The van der Waals surface area contributed by atoms with Gasteiger partial charge >= 0.3 is 0 Å². The fourth-order valence-corrected chi connectivity index (χ4v) is 4.61. The monoisotopic (exact) mass is 657 g/mol. The van der Waals surface area contributed by atoms with Crippen molar-refractivity contribution in [3.05, 3.63) is 101 Å². The van der Waals surface area contributed by atoms with E-state index < -0.39 is 0 Å². The smallest absolute Gasteiger partial charge is 0.246 e. The van der Waals surface area contributed by atoms with Crippen LogP contribution in [0.3, 0.4) is 0 Å². The molecule has 0 spiro atoms. The zero-order valence-corrected chi connectivity index (χ0v) is 28.7. The highest BCUT2D eigenvalue weighted by Crippen LogP contribution is 2.39. The molecule has 0 radical (unpaired) electrons. The van der Waals surface area contributed by atoms with Gasteiger partial charge in [-0.25, -0.2) is 0 Å². The molecule has 2 amide bonds. The third kappa shape index (κ3) is 10.1. The second-order valence-electron chi connectivity index (χ2n) is 10.4. The molecule has 0 N–H and O–H groups in total. The molecule has 0 saturated heterocycles. The van der Waals surface area contributed by atoms with Crippen LogP contribution in [-0.4, -0.2) is 83.4 Å². The van der Waals surface area contributed by atoms with E-state index in [0.29, 0.717) is 59.0 Å². The number of benzene rings is 2. The second kappa shape index (κ2) is 18.4. The van der Waals surface area contributed by atoms with E-state index in [9.17, 15) is 9.59 Å². The zero-order chi connectivity index (χ0) is 35.1. The van der Waals surface area contributed by atoms with Gasteiger partial charge in [-0.1, -0.05) is 42.5 Å². The Morgan fingerprint density at radius 1 is 0.583 bits per heavy atom. The number of allylic oxidation sites excluding steroid dienone is 4. The van der Waals surface area contributed by atoms with Gasteiger partial charge in [0, 0.05) is 26.2 Å². The molecule has 3 aromatic rings. The topological polar surface area (TPSA) is 109 Å². The van der Waals surface area contributed by atoms with Crippen molar-refractivity contribution in [2.45, 2.75) is 13.1 Å². The van der Waals surface area contributed by atoms with Gasteiger partial charge in [-0.3, -0.25) is 14.6 Å². The first-order chi connectivity index (χ1) is 23.2. The molecule has 0 saturated carbocycles. The van der Waals surface area contributed by atoms with Crippen molar-refractivity contribution in [2.75, 3.05) is 56.8 Å². The molecule has 48 heavy (non-hydrogen) atoms. The number of likely N-dealkylation sites (N-methyl/N-ethyl adjacent to an activating group) is 2. The summed E-state index contributed by atoms with van der Waals surface area (Å²) in [5.74, 6) is 2.81. The predicted octanol–water partition coefficient (Wildman–Crippen LogP) is 5.59. The third-order valence-electron chi connectivity index (χ3n) is 7.07. The average molecular weight is 658 g/mol. The van der Waals surface area contributed by atoms with Gasteiger partial charge in [0.2, 0.25) is 23.3 Å². The molecule has 0 aliphatic heterocycles. The summed E-state index contributed by atoms with van der Waals surface area (Å²) in [6.45, 7) is 0.605. The Kier molecular flexibility index (Phi) is 14.1. The van der Waals surface area contributed by atoms with E-state index in [4.69, 9.17) is 28.4 Å². The predicted molar refractivity (Wildman–Crippen MR) is 186 cm³/mol. The van der Waals surface area contributed by atoms with E-state index in [1.54, 1.807) is 90.9 Å². The number of pyridine rings is 1. The molecule has 0 fully saturated rings. The number of hydrogen-bond acceptors (Lipinski definition) is 9. The Morgan fingerprint density at radius 2 is 0.938 bits per heavy atom. The van der Waals surface area contributed by atoms with Crippen LogP contribution in [0, 0.1) is 0 Å². The summed E-state index contributed by atoms with van der Waals surface area (Å²) in [5, 5.41) is 0. The number of nitrogens with zero attached hydrogens (tertiary/aromatic N) is 3. The molecule has 1 aromatic heterocycles. The van der Waals surface area contributed by atoms with Crippen molar-refractivity contribution in [2.24, 2.45) is 0 Å². The second-order valence-corrected chi connectivity index (χ2v) is 10.4. The van der Waals surface area contributed by atoms with Crippen LogP contribution < -0.4 is 28.4 Å². The highest BCUT2D eigenvalue weighted by molar-refractivity contribution is 5.88. The summed E-state index contributed by atoms with van der Waals surface area (Å²) in [6, 6.07) is 12.8. The lowest BCUT2D eigenvalue weighted by Crippen LogP contribution is -2.26. The minimum Gasteiger partial charge on any atom is -0.493 e. The Labute approximate surface area is 282 Å². The van der Waals surface area contributed by atoms with Crippen molar-refractivity contribution in [3.8, 4) is 34.5 Å². The molecule has 0 aliphatic rings. The average Bonchev–Trinajstić information content (AvgIpc) is 3.10. The summed E-state index contributed by atoms with van der Waals surface area (Å²) in [4.78, 5) is 33.3. The summed E-state index contributed by atoms with van der Waals surface area (Å²) in [6.07, 6.45) is 13.5. The van der Waals surface area contributed by atoms with E-state index in [2.05, 4.69) is 4.98 Å². The van der Waals surface area contributed by atoms with E-state index >= 15 is 0 Å². The fourth-order valence-electron chi connectivity index (χ4n) is 4.61. The first-order valence-corrected chi connectivity index (χ1v) is 14.9. The summed E-state index contributed by atoms with van der Waals surface area (Å²) >= 11 is 0. The maximum atomic E-state index is 12.7. The van der Waals surface area contributed by atoms with Gasteiger partial charge in [0.25, 0.3) is 0 Å². The van der Waals surface area contributed by atoms with Crippen molar-refractivity contribution in [1.82, 2.24) is 14.8 Å². The van der Waals surface area contributed by atoms with Gasteiger partial charge in [0.15, 0.2) is 23.0 Å². The van der Waals surface area contributed by atoms with Gasteiger partial charge in [0.05, 0.1) is 67.1 Å². The Balaban J connectivity index is 1.55. The lowest BCUT2D eigenvalue weighted by Gasteiger charge is -2.17. The van der Waals surface area contributed by atoms with Crippen molar-refractivity contribution in [3.63, 3.8) is 0 Å². The molecular weight excluding hydrogens is 614 g/mol. The maximum Gasteiger partial charge on any atom is 0.246 e. The Hall–Kier alpha value is -5.71. The largest absolute Gasteiger partial charge is 0.493 e. The highest BCUT2D eigenvalue weighted by atomic mass is 16.5. The summed E-state index contributed by atoms with van der Waals surface area (Å²) in [7, 11) is 12.7. The summed E-state index contributed by atoms with van der Waals surface area (Å²) in [5.41, 5.74) is 3.05. The normalized spacial score (nSPS) is 11.3. The minimum atomic E-state index is -0.186. The van der Waals surface area contributed by atoms with Gasteiger partial charge in [0.1, 0.15) is 0 Å². The van der Waals surface area contributed by atoms with Crippen LogP contribution in [0.25, 0.3) is 12.2 Å². The van der Waals surface area contributed by atoms with Crippen LogP contribution in [0.15, 0.2) is 78.9 Å². The number of rotatable bonds is 16. The van der Waals surface area contributed by atoms with E-state index in [0.717, 1.165) is 11.1 Å². The number of methoxy groups -OCH3 is 6. The van der Waals surface area contributed by atoms with Crippen LogP contribution in [0.4, 0.5) is 0 Å². The Bertz CT molecular complexity index is 1510. The van der Waals surface area contributed by atoms with E-state index in [-0.39, 0.29) is 11.8 Å². The molecule has 11 nitrogen and oxygen atoms in total. The number of hydrogen-bond donors (Lipinski definition) is 0. The molecule has 0 unspecified atom stereocenters. The van der Waals surface area contributed by atoms with Crippen molar-refractivity contribution in [1.29, 1.82) is 0 Å². The fraction of sp³-hybridized carbons (Fsp3) is 0.270. The van der Waals surface area contributed by atoms with Gasteiger partial charge in [-0.05, 0) is 47.5 Å². The first-order valence-electron chi connectivity index (χ1n) is 14.9. The Morgan fingerprint density at radius 3 is 1.25 bits per heavy atom. The van der Waals surface area contributed by atoms with Gasteiger partial charge < -0.3 is 38.2 Å². The van der Waals surface area contributed by atoms with Crippen LogP contribution in [0.5, 0.6) is 34.5 Å². The molecule has 1 heterocycles. The number of aromatic nitrogens is 1. The number of carbonyl (C=O) groups excluding carboxylic acids is 2. The minimum absolute atomic E-state index is 0.186. The van der Waals surface area contributed by atoms with E-state index in [1.165, 1.54) is 12.2 Å². The molecule has 0 aliphatic carbocycles. The van der Waals surface area contributed by atoms with Crippen LogP contribution >= 0.6 is 0 Å². The van der Waals surface area contributed by atoms with Crippen LogP contribution in [0.1, 0.15) is 22.5 Å². The van der Waals surface area contributed by atoms with Crippen molar-refractivity contribution >= 4 is 24.0 Å². The molecule has 3 rings (SSSR count). The molecule has 254 valence electrons. The molecule has 2 aromatic carbocycles. The molecule has 0 atom stereocenters. The molecule has 11 heteroatoms. The number of ether oxygens (including phenoxy) is 6. The zero-order valence-electron chi connectivity index (χ0n) is 28.7. The first kappa shape index (κ1) is 36.8.